The predicted molar refractivity (Wildman–Crippen MR) is 62.1 cm³/mol. The first kappa shape index (κ1) is 11.9. The van der Waals surface area contributed by atoms with E-state index in [0.717, 1.165) is 6.42 Å². The van der Waals surface area contributed by atoms with Crippen LogP contribution in [0.5, 0.6) is 0 Å². The molecule has 1 aliphatic rings. The zero-order valence-electron chi connectivity index (χ0n) is 9.65. The lowest BCUT2D eigenvalue weighted by Gasteiger charge is -2.23. The zero-order valence-corrected chi connectivity index (χ0v) is 9.65. The number of nitrogens with zero attached hydrogens (tertiary/aromatic N) is 1. The number of carbonyl (C=O) groups excluding carboxylic acids is 1. The number of rotatable bonds is 2. The number of halogens is 1. The lowest BCUT2D eigenvalue weighted by molar-refractivity contribution is 0.0712. The summed E-state index contributed by atoms with van der Waals surface area (Å²) in [4.78, 5) is 13.7. The Hall–Kier alpha value is -1.62. The molecule has 0 radical (unpaired) electrons. The molecule has 0 aromatic heterocycles. The van der Waals surface area contributed by atoms with Gasteiger partial charge in [0.2, 0.25) is 0 Å². The van der Waals surface area contributed by atoms with E-state index in [1.165, 1.54) is 18.2 Å². The van der Waals surface area contributed by atoms with Crippen LogP contribution in [0.3, 0.4) is 0 Å². The van der Waals surface area contributed by atoms with Crippen molar-refractivity contribution in [2.24, 2.45) is 0 Å². The second-order valence-electron chi connectivity index (χ2n) is 4.17. The van der Waals surface area contributed by atoms with E-state index < -0.39 is 5.82 Å². The minimum atomic E-state index is -0.460. The van der Waals surface area contributed by atoms with Crippen molar-refractivity contribution in [3.8, 4) is 0 Å². The fourth-order valence-corrected chi connectivity index (χ4v) is 1.90. The molecule has 2 rings (SSSR count). The summed E-state index contributed by atoms with van der Waals surface area (Å²) in [6.07, 6.45) is 0.803. The van der Waals surface area contributed by atoms with E-state index in [0.29, 0.717) is 18.9 Å². The van der Waals surface area contributed by atoms with Crippen LogP contribution in [-0.2, 0) is 4.74 Å². The number of nitrogen functional groups attached to an aromatic ring is 1. The maximum atomic E-state index is 13.1. The van der Waals surface area contributed by atoms with Crippen molar-refractivity contribution in [3.05, 3.63) is 29.6 Å². The number of amides is 1. The lowest BCUT2D eigenvalue weighted by Crippen LogP contribution is -2.37. The van der Waals surface area contributed by atoms with Gasteiger partial charge in [0.1, 0.15) is 5.82 Å². The summed E-state index contributed by atoms with van der Waals surface area (Å²) in [7, 11) is 1.69. The smallest absolute Gasteiger partial charge is 0.256 e. The molecule has 1 unspecified atom stereocenters. The van der Waals surface area contributed by atoms with Crippen LogP contribution >= 0.6 is 0 Å². The second-order valence-corrected chi connectivity index (χ2v) is 4.17. The highest BCUT2D eigenvalue weighted by atomic mass is 19.1. The summed E-state index contributed by atoms with van der Waals surface area (Å²) in [5, 5.41) is 0. The molecule has 1 aromatic rings. The van der Waals surface area contributed by atoms with Gasteiger partial charge in [0.15, 0.2) is 0 Å². The number of nitrogens with two attached hydrogens (primary N) is 1. The topological polar surface area (TPSA) is 55.6 Å². The van der Waals surface area contributed by atoms with E-state index in [2.05, 4.69) is 0 Å². The molecule has 1 aromatic carbocycles. The summed E-state index contributed by atoms with van der Waals surface area (Å²) in [5.74, 6) is -0.726. The maximum Gasteiger partial charge on any atom is 0.256 e. The van der Waals surface area contributed by atoms with Crippen molar-refractivity contribution < 1.29 is 13.9 Å². The summed E-state index contributed by atoms with van der Waals surface area (Å²) in [6, 6.07) is 3.86. The molecule has 5 heteroatoms. The van der Waals surface area contributed by atoms with Gasteiger partial charge >= 0.3 is 0 Å². The van der Waals surface area contributed by atoms with Gasteiger partial charge < -0.3 is 15.4 Å². The summed E-state index contributed by atoms with van der Waals surface area (Å²) >= 11 is 0. The largest absolute Gasteiger partial charge is 0.398 e. The monoisotopic (exact) mass is 238 g/mol. The molecule has 2 N–H and O–H groups in total. The van der Waals surface area contributed by atoms with E-state index in [9.17, 15) is 9.18 Å². The molecule has 1 atom stereocenters. The summed E-state index contributed by atoms with van der Waals surface area (Å²) in [6.45, 7) is 1.18. The number of hydrogen-bond acceptors (Lipinski definition) is 3. The van der Waals surface area contributed by atoms with Crippen molar-refractivity contribution in [1.82, 2.24) is 4.90 Å². The normalized spacial score (nSPS) is 19.3. The number of benzene rings is 1. The standard InChI is InChI=1S/C12H15FN2O2/c1-15(9-4-5-17-7-9)12(16)10-6-8(13)2-3-11(10)14/h2-3,6,9H,4-5,7,14H2,1H3. The van der Waals surface area contributed by atoms with Crippen LogP contribution in [-0.4, -0.2) is 37.1 Å². The van der Waals surface area contributed by atoms with E-state index in [1.54, 1.807) is 11.9 Å². The van der Waals surface area contributed by atoms with Crippen molar-refractivity contribution in [1.29, 1.82) is 0 Å². The van der Waals surface area contributed by atoms with E-state index in [4.69, 9.17) is 10.5 Å². The fourth-order valence-electron chi connectivity index (χ4n) is 1.90. The lowest BCUT2D eigenvalue weighted by atomic mass is 10.1. The Labute approximate surface area is 99.2 Å². The number of ether oxygens (including phenoxy) is 1. The summed E-state index contributed by atoms with van der Waals surface area (Å²) in [5.41, 5.74) is 6.18. The van der Waals surface area contributed by atoms with Gasteiger partial charge in [-0.1, -0.05) is 0 Å². The second kappa shape index (κ2) is 4.71. The molecule has 1 aliphatic heterocycles. The van der Waals surface area contributed by atoms with Crippen LogP contribution in [0.15, 0.2) is 18.2 Å². The van der Waals surface area contributed by atoms with Gasteiger partial charge in [-0.25, -0.2) is 4.39 Å². The number of likely N-dealkylation sites (N-methyl/N-ethyl adjacent to an activating group) is 1. The first-order valence-electron chi connectivity index (χ1n) is 5.49. The van der Waals surface area contributed by atoms with Gasteiger partial charge in [-0.15, -0.1) is 0 Å². The third kappa shape index (κ3) is 2.39. The first-order valence-corrected chi connectivity index (χ1v) is 5.49. The average Bonchev–Trinajstić information content (AvgIpc) is 2.84. The Kier molecular flexibility index (Phi) is 3.28. The average molecular weight is 238 g/mol. The van der Waals surface area contributed by atoms with E-state index >= 15 is 0 Å². The molecule has 92 valence electrons. The molecule has 0 saturated carbocycles. The van der Waals surface area contributed by atoms with Gasteiger partial charge in [0.05, 0.1) is 18.2 Å². The molecule has 1 heterocycles. The van der Waals surface area contributed by atoms with E-state index in [-0.39, 0.29) is 17.5 Å². The Balaban J connectivity index is 2.20. The van der Waals surface area contributed by atoms with Crippen LogP contribution in [0.4, 0.5) is 10.1 Å². The van der Waals surface area contributed by atoms with Crippen LogP contribution in [0.25, 0.3) is 0 Å². The van der Waals surface area contributed by atoms with Crippen molar-refractivity contribution >= 4 is 11.6 Å². The highest BCUT2D eigenvalue weighted by Crippen LogP contribution is 2.19. The molecular weight excluding hydrogens is 223 g/mol. The van der Waals surface area contributed by atoms with Gasteiger partial charge in [-0.05, 0) is 24.6 Å². The van der Waals surface area contributed by atoms with Gasteiger partial charge in [0.25, 0.3) is 5.91 Å². The Bertz CT molecular complexity index is 431. The molecule has 1 amide bonds. The number of carbonyl (C=O) groups is 1. The predicted octanol–water partition coefficient (Wildman–Crippen LogP) is 1.27. The molecule has 0 aliphatic carbocycles. The molecule has 4 nitrogen and oxygen atoms in total. The van der Waals surface area contributed by atoms with Crippen molar-refractivity contribution in [3.63, 3.8) is 0 Å². The van der Waals surface area contributed by atoms with Crippen molar-refractivity contribution in [2.45, 2.75) is 12.5 Å². The molecule has 1 fully saturated rings. The molecule has 0 spiro atoms. The molecular formula is C12H15FN2O2. The number of anilines is 1. The quantitative estimate of drug-likeness (QED) is 0.789. The molecule has 17 heavy (non-hydrogen) atoms. The highest BCUT2D eigenvalue weighted by molar-refractivity contribution is 5.99. The van der Waals surface area contributed by atoms with Crippen LogP contribution in [0, 0.1) is 5.82 Å². The number of hydrogen-bond donors (Lipinski definition) is 1. The van der Waals surface area contributed by atoms with Crippen LogP contribution in [0.2, 0.25) is 0 Å². The third-order valence-corrected chi connectivity index (χ3v) is 3.02. The first-order chi connectivity index (χ1) is 8.09. The fraction of sp³-hybridized carbons (Fsp3) is 0.417. The Morgan fingerprint density at radius 3 is 3.00 bits per heavy atom. The third-order valence-electron chi connectivity index (χ3n) is 3.02. The highest BCUT2D eigenvalue weighted by Gasteiger charge is 2.26. The van der Waals surface area contributed by atoms with Crippen molar-refractivity contribution in [2.75, 3.05) is 26.0 Å². The maximum absolute atomic E-state index is 13.1. The van der Waals surface area contributed by atoms with Gasteiger partial charge in [-0.2, -0.15) is 0 Å². The van der Waals surface area contributed by atoms with E-state index in [1.807, 2.05) is 0 Å². The summed E-state index contributed by atoms with van der Waals surface area (Å²) < 4.78 is 18.3. The SMILES string of the molecule is CN(C(=O)c1cc(F)ccc1N)C1CCOC1. The van der Waals surface area contributed by atoms with Gasteiger partial charge in [-0.3, -0.25) is 4.79 Å². The van der Waals surface area contributed by atoms with Crippen LogP contribution < -0.4 is 5.73 Å². The molecule has 1 saturated heterocycles. The van der Waals surface area contributed by atoms with Crippen LogP contribution in [0.1, 0.15) is 16.8 Å². The molecule has 0 bridgehead atoms. The zero-order chi connectivity index (χ0) is 12.4. The Morgan fingerprint density at radius 2 is 2.35 bits per heavy atom. The van der Waals surface area contributed by atoms with Gasteiger partial charge in [0, 0.05) is 19.3 Å². The Morgan fingerprint density at radius 1 is 1.59 bits per heavy atom. The minimum absolute atomic E-state index is 0.0465. The minimum Gasteiger partial charge on any atom is -0.398 e.